The second-order valence-corrected chi connectivity index (χ2v) is 5.50. The Labute approximate surface area is 110 Å². The van der Waals surface area contributed by atoms with Crippen molar-refractivity contribution in [3.63, 3.8) is 0 Å². The molecule has 0 aromatic heterocycles. The van der Waals surface area contributed by atoms with Gasteiger partial charge in [0.25, 0.3) is 0 Å². The van der Waals surface area contributed by atoms with Crippen molar-refractivity contribution in [2.45, 2.75) is 38.1 Å². The summed E-state index contributed by atoms with van der Waals surface area (Å²) in [5.41, 5.74) is 10.7. The molecule has 2 aliphatic rings. The van der Waals surface area contributed by atoms with Crippen LogP contribution < -0.4 is 11.5 Å². The highest BCUT2D eigenvalue weighted by atomic mass is 15.2. The number of guanidine groups is 1. The second kappa shape index (κ2) is 6.95. The molecule has 0 bridgehead atoms. The van der Waals surface area contributed by atoms with E-state index in [0.29, 0.717) is 0 Å². The van der Waals surface area contributed by atoms with Gasteiger partial charge in [-0.05, 0) is 51.9 Å². The summed E-state index contributed by atoms with van der Waals surface area (Å²) in [6.07, 6.45) is 6.54. The molecule has 0 aliphatic carbocycles. The van der Waals surface area contributed by atoms with Gasteiger partial charge in [-0.15, -0.1) is 0 Å². The summed E-state index contributed by atoms with van der Waals surface area (Å²) < 4.78 is 0. The van der Waals surface area contributed by atoms with Gasteiger partial charge in [0, 0.05) is 19.1 Å². The molecule has 4 N–H and O–H groups in total. The van der Waals surface area contributed by atoms with E-state index in [-0.39, 0.29) is 5.96 Å². The number of hydrogen-bond donors (Lipinski definition) is 2. The molecule has 18 heavy (non-hydrogen) atoms. The van der Waals surface area contributed by atoms with Crippen LogP contribution in [0.1, 0.15) is 32.1 Å². The van der Waals surface area contributed by atoms with Gasteiger partial charge in [0.05, 0.1) is 0 Å². The Hall–Kier alpha value is -0.810. The number of nitrogens with two attached hydrogens (primary N) is 2. The first-order valence-electron chi connectivity index (χ1n) is 7.27. The van der Waals surface area contributed by atoms with E-state index in [9.17, 15) is 0 Å². The van der Waals surface area contributed by atoms with Crippen LogP contribution in [0.4, 0.5) is 0 Å². The molecule has 104 valence electrons. The molecule has 2 rings (SSSR count). The fraction of sp³-hybridized carbons (Fsp3) is 0.923. The topological polar surface area (TPSA) is 70.9 Å². The van der Waals surface area contributed by atoms with E-state index in [4.69, 9.17) is 11.5 Å². The summed E-state index contributed by atoms with van der Waals surface area (Å²) >= 11 is 0. The maximum absolute atomic E-state index is 5.33. The van der Waals surface area contributed by atoms with E-state index >= 15 is 0 Å². The van der Waals surface area contributed by atoms with E-state index in [2.05, 4.69) is 14.8 Å². The van der Waals surface area contributed by atoms with Crippen molar-refractivity contribution in [1.82, 2.24) is 9.80 Å². The summed E-state index contributed by atoms with van der Waals surface area (Å²) in [6, 6.07) is 0.796. The maximum Gasteiger partial charge on any atom is 0.185 e. The summed E-state index contributed by atoms with van der Waals surface area (Å²) in [6.45, 7) is 6.95. The third kappa shape index (κ3) is 4.14. The lowest BCUT2D eigenvalue weighted by Gasteiger charge is -2.35. The predicted octanol–water partition coefficient (Wildman–Crippen LogP) is 0.210. The lowest BCUT2D eigenvalue weighted by atomic mass is 10.0. The van der Waals surface area contributed by atoms with Crippen molar-refractivity contribution >= 4 is 5.96 Å². The molecule has 1 atom stereocenters. The van der Waals surface area contributed by atoms with Crippen LogP contribution in [0.15, 0.2) is 4.99 Å². The van der Waals surface area contributed by atoms with Crippen LogP contribution in [-0.4, -0.2) is 61.1 Å². The molecular formula is C13H27N5. The fourth-order valence-electron chi connectivity index (χ4n) is 3.15. The number of aliphatic imine (C=N–C) groups is 1. The van der Waals surface area contributed by atoms with Gasteiger partial charge < -0.3 is 16.4 Å². The number of nitrogens with zero attached hydrogens (tertiary/aromatic N) is 3. The van der Waals surface area contributed by atoms with Gasteiger partial charge in [0.2, 0.25) is 0 Å². The number of fused-ring (bicyclic) bond motifs is 1. The van der Waals surface area contributed by atoms with E-state index in [1.165, 1.54) is 51.9 Å². The first kappa shape index (κ1) is 13.6. The van der Waals surface area contributed by atoms with Gasteiger partial charge in [-0.2, -0.15) is 0 Å². The Kier molecular flexibility index (Phi) is 5.26. The summed E-state index contributed by atoms with van der Waals surface area (Å²) in [7, 11) is 0. The average molecular weight is 253 g/mol. The molecule has 2 heterocycles. The van der Waals surface area contributed by atoms with Crippen LogP contribution >= 0.6 is 0 Å². The summed E-state index contributed by atoms with van der Waals surface area (Å²) in [5, 5.41) is 0. The van der Waals surface area contributed by atoms with Crippen molar-refractivity contribution in [2.75, 3.05) is 39.3 Å². The van der Waals surface area contributed by atoms with Crippen molar-refractivity contribution < 1.29 is 0 Å². The molecule has 0 amide bonds. The van der Waals surface area contributed by atoms with Gasteiger partial charge in [0.1, 0.15) is 0 Å². The van der Waals surface area contributed by atoms with Gasteiger partial charge in [0.15, 0.2) is 5.96 Å². The Balaban J connectivity index is 1.74. The van der Waals surface area contributed by atoms with Crippen molar-refractivity contribution in [2.24, 2.45) is 16.5 Å². The van der Waals surface area contributed by atoms with Crippen LogP contribution in [0, 0.1) is 0 Å². The summed E-state index contributed by atoms with van der Waals surface area (Å²) in [4.78, 5) is 9.34. The first-order valence-corrected chi connectivity index (χ1v) is 7.27. The number of hydrogen-bond acceptors (Lipinski definition) is 3. The smallest absolute Gasteiger partial charge is 0.185 e. The van der Waals surface area contributed by atoms with Crippen LogP contribution in [-0.2, 0) is 0 Å². The Morgan fingerprint density at radius 2 is 1.94 bits per heavy atom. The highest BCUT2D eigenvalue weighted by molar-refractivity contribution is 5.75. The van der Waals surface area contributed by atoms with Crippen molar-refractivity contribution in [1.29, 1.82) is 0 Å². The van der Waals surface area contributed by atoms with Crippen LogP contribution in [0.5, 0.6) is 0 Å². The van der Waals surface area contributed by atoms with E-state index < -0.39 is 0 Å². The van der Waals surface area contributed by atoms with Gasteiger partial charge in [-0.25, -0.2) is 0 Å². The summed E-state index contributed by atoms with van der Waals surface area (Å²) in [5.74, 6) is 0.212. The molecule has 0 aromatic carbocycles. The molecule has 0 saturated carbocycles. The molecular weight excluding hydrogens is 226 g/mol. The second-order valence-electron chi connectivity index (χ2n) is 5.50. The molecule has 0 radical (unpaired) electrons. The molecule has 0 aromatic rings. The standard InChI is InChI=1S/C13H27N5/c14-13(15)16-6-3-7-17-8-4-10-18-9-2-1-5-12(18)11-17/h12H,1-11H2,(H4,14,15,16). The van der Waals surface area contributed by atoms with E-state index in [1.807, 2.05) is 0 Å². The van der Waals surface area contributed by atoms with Crippen LogP contribution in [0.3, 0.4) is 0 Å². The fourth-order valence-corrected chi connectivity index (χ4v) is 3.15. The van der Waals surface area contributed by atoms with Gasteiger partial charge in [-0.1, -0.05) is 6.42 Å². The minimum absolute atomic E-state index is 0.212. The number of rotatable bonds is 4. The van der Waals surface area contributed by atoms with Gasteiger partial charge >= 0.3 is 0 Å². The molecule has 5 nitrogen and oxygen atoms in total. The molecule has 2 fully saturated rings. The first-order chi connectivity index (χ1) is 8.75. The zero-order valence-corrected chi connectivity index (χ0v) is 11.4. The third-order valence-corrected chi connectivity index (χ3v) is 4.06. The minimum atomic E-state index is 0.212. The highest BCUT2D eigenvalue weighted by Crippen LogP contribution is 2.20. The largest absolute Gasteiger partial charge is 0.370 e. The minimum Gasteiger partial charge on any atom is -0.370 e. The Bertz CT molecular complexity index is 275. The average Bonchev–Trinajstić information content (AvgIpc) is 2.56. The predicted molar refractivity (Wildman–Crippen MR) is 75.6 cm³/mol. The molecule has 1 unspecified atom stereocenters. The lowest BCUT2D eigenvalue weighted by Crippen LogP contribution is -2.44. The lowest BCUT2D eigenvalue weighted by molar-refractivity contribution is 0.136. The number of piperidine rings is 1. The zero-order chi connectivity index (χ0) is 12.8. The Morgan fingerprint density at radius 1 is 1.11 bits per heavy atom. The molecule has 2 saturated heterocycles. The van der Waals surface area contributed by atoms with E-state index in [0.717, 1.165) is 25.6 Å². The SMILES string of the molecule is NC(N)=NCCCN1CCCN2CCCCC2C1. The van der Waals surface area contributed by atoms with Gasteiger partial charge in [-0.3, -0.25) is 9.89 Å². The normalized spacial score (nSPS) is 26.3. The van der Waals surface area contributed by atoms with Crippen LogP contribution in [0.25, 0.3) is 0 Å². The van der Waals surface area contributed by atoms with Crippen LogP contribution in [0.2, 0.25) is 0 Å². The van der Waals surface area contributed by atoms with E-state index in [1.54, 1.807) is 0 Å². The monoisotopic (exact) mass is 253 g/mol. The highest BCUT2D eigenvalue weighted by Gasteiger charge is 2.26. The van der Waals surface area contributed by atoms with Crippen molar-refractivity contribution in [3.05, 3.63) is 0 Å². The third-order valence-electron chi connectivity index (χ3n) is 4.06. The Morgan fingerprint density at radius 3 is 2.78 bits per heavy atom. The quantitative estimate of drug-likeness (QED) is 0.427. The molecule has 5 heteroatoms. The van der Waals surface area contributed by atoms with Crippen molar-refractivity contribution in [3.8, 4) is 0 Å². The molecule has 0 spiro atoms. The maximum atomic E-state index is 5.33. The molecule has 2 aliphatic heterocycles. The zero-order valence-electron chi connectivity index (χ0n) is 11.4.